The molecule has 1 aromatic rings. The van der Waals surface area contributed by atoms with Crippen molar-refractivity contribution in [2.45, 2.75) is 25.8 Å². The van der Waals surface area contributed by atoms with Crippen LogP contribution in [0, 0.1) is 5.92 Å². The number of nitrogens with one attached hydrogen (secondary N) is 1. The standard InChI is InChI=1S/C13H22N2S/c1-3-15-8-4-6-11(10-14-2)13(15)12-7-5-9-16-12/h5,7,9,11,13-14H,3-4,6,8,10H2,1-2H3. The van der Waals surface area contributed by atoms with E-state index in [9.17, 15) is 0 Å². The highest BCUT2D eigenvalue weighted by Gasteiger charge is 2.31. The van der Waals surface area contributed by atoms with Crippen LogP contribution in [-0.2, 0) is 0 Å². The molecule has 2 atom stereocenters. The Kier molecular flexibility index (Phi) is 4.38. The van der Waals surface area contributed by atoms with E-state index in [0.29, 0.717) is 6.04 Å². The average Bonchev–Trinajstić information content (AvgIpc) is 2.82. The van der Waals surface area contributed by atoms with Crippen molar-refractivity contribution in [3.8, 4) is 0 Å². The van der Waals surface area contributed by atoms with Crippen LogP contribution in [0.15, 0.2) is 17.5 Å². The summed E-state index contributed by atoms with van der Waals surface area (Å²) in [5, 5.41) is 5.55. The van der Waals surface area contributed by atoms with Crippen LogP contribution in [-0.4, -0.2) is 31.6 Å². The molecule has 2 nitrogen and oxygen atoms in total. The van der Waals surface area contributed by atoms with Crippen molar-refractivity contribution in [1.82, 2.24) is 10.2 Å². The van der Waals surface area contributed by atoms with Gasteiger partial charge < -0.3 is 5.32 Å². The Morgan fingerprint density at radius 3 is 3.06 bits per heavy atom. The Morgan fingerprint density at radius 1 is 1.56 bits per heavy atom. The summed E-state index contributed by atoms with van der Waals surface area (Å²) in [6, 6.07) is 5.12. The lowest BCUT2D eigenvalue weighted by molar-refractivity contribution is 0.101. The summed E-state index contributed by atoms with van der Waals surface area (Å²) in [6.07, 6.45) is 2.71. The second kappa shape index (κ2) is 5.80. The Balaban J connectivity index is 2.17. The second-order valence-corrected chi connectivity index (χ2v) is 5.53. The van der Waals surface area contributed by atoms with Gasteiger partial charge in [0.2, 0.25) is 0 Å². The molecule has 1 aliphatic rings. The lowest BCUT2D eigenvalue weighted by Gasteiger charge is -2.40. The summed E-state index contributed by atoms with van der Waals surface area (Å²) in [4.78, 5) is 4.18. The number of rotatable bonds is 4. The predicted octanol–water partition coefficient (Wildman–Crippen LogP) is 2.74. The van der Waals surface area contributed by atoms with Crippen molar-refractivity contribution in [1.29, 1.82) is 0 Å². The van der Waals surface area contributed by atoms with Crippen molar-refractivity contribution in [2.75, 3.05) is 26.7 Å². The molecular formula is C13H22N2S. The molecule has 2 heterocycles. The van der Waals surface area contributed by atoms with Crippen molar-refractivity contribution in [3.63, 3.8) is 0 Å². The zero-order valence-corrected chi connectivity index (χ0v) is 11.1. The largest absolute Gasteiger partial charge is 0.319 e. The zero-order valence-electron chi connectivity index (χ0n) is 10.3. The maximum atomic E-state index is 3.35. The first kappa shape index (κ1) is 12.1. The molecule has 2 unspecified atom stereocenters. The molecule has 1 aromatic heterocycles. The van der Waals surface area contributed by atoms with Gasteiger partial charge >= 0.3 is 0 Å². The molecular weight excluding hydrogens is 216 g/mol. The predicted molar refractivity (Wildman–Crippen MR) is 71.0 cm³/mol. The van der Waals surface area contributed by atoms with Crippen LogP contribution in [0.5, 0.6) is 0 Å². The van der Waals surface area contributed by atoms with Crippen LogP contribution in [0.3, 0.4) is 0 Å². The molecule has 1 saturated heterocycles. The summed E-state index contributed by atoms with van der Waals surface area (Å²) >= 11 is 1.91. The van der Waals surface area contributed by atoms with Crippen molar-refractivity contribution < 1.29 is 0 Å². The van der Waals surface area contributed by atoms with Crippen molar-refractivity contribution in [2.24, 2.45) is 5.92 Å². The molecule has 0 spiro atoms. The van der Waals surface area contributed by atoms with Gasteiger partial charge in [0, 0.05) is 10.9 Å². The maximum absolute atomic E-state index is 3.35. The fourth-order valence-electron chi connectivity index (χ4n) is 2.85. The van der Waals surface area contributed by atoms with Crippen molar-refractivity contribution >= 4 is 11.3 Å². The molecule has 1 N–H and O–H groups in total. The molecule has 1 fully saturated rings. The molecule has 0 aliphatic carbocycles. The van der Waals surface area contributed by atoms with Crippen LogP contribution in [0.4, 0.5) is 0 Å². The van der Waals surface area contributed by atoms with Gasteiger partial charge in [0.1, 0.15) is 0 Å². The molecule has 0 aromatic carbocycles. The van der Waals surface area contributed by atoms with Gasteiger partial charge in [-0.3, -0.25) is 4.90 Å². The number of hydrogen-bond donors (Lipinski definition) is 1. The highest BCUT2D eigenvalue weighted by molar-refractivity contribution is 7.10. The van der Waals surface area contributed by atoms with Gasteiger partial charge in [0.15, 0.2) is 0 Å². The Bertz CT molecular complexity index is 295. The Labute approximate surface area is 103 Å². The van der Waals surface area contributed by atoms with Crippen LogP contribution < -0.4 is 5.32 Å². The van der Waals surface area contributed by atoms with Crippen LogP contribution in [0.1, 0.15) is 30.7 Å². The lowest BCUT2D eigenvalue weighted by atomic mass is 9.88. The average molecular weight is 238 g/mol. The van der Waals surface area contributed by atoms with Crippen LogP contribution in [0.25, 0.3) is 0 Å². The third-order valence-corrected chi connectivity index (χ3v) is 4.51. The molecule has 1 aliphatic heterocycles. The van der Waals surface area contributed by atoms with Gasteiger partial charge in [-0.25, -0.2) is 0 Å². The SMILES string of the molecule is CCN1CCCC(CNC)C1c1cccs1. The van der Waals surface area contributed by atoms with E-state index >= 15 is 0 Å². The number of hydrogen-bond acceptors (Lipinski definition) is 3. The topological polar surface area (TPSA) is 15.3 Å². The minimum Gasteiger partial charge on any atom is -0.319 e. The first-order valence-corrected chi connectivity index (χ1v) is 7.16. The van der Waals surface area contributed by atoms with E-state index in [4.69, 9.17) is 0 Å². The number of nitrogens with zero attached hydrogens (tertiary/aromatic N) is 1. The van der Waals surface area contributed by atoms with Crippen molar-refractivity contribution in [3.05, 3.63) is 22.4 Å². The molecule has 2 rings (SSSR count). The van der Waals surface area contributed by atoms with E-state index < -0.39 is 0 Å². The Hall–Kier alpha value is -0.380. The van der Waals surface area contributed by atoms with E-state index in [0.717, 1.165) is 12.5 Å². The minimum absolute atomic E-state index is 0.645. The fraction of sp³-hybridized carbons (Fsp3) is 0.692. The van der Waals surface area contributed by atoms with Crippen LogP contribution in [0.2, 0.25) is 0 Å². The molecule has 0 amide bonds. The van der Waals surface area contributed by atoms with Crippen LogP contribution >= 0.6 is 11.3 Å². The first-order valence-electron chi connectivity index (χ1n) is 6.28. The summed E-state index contributed by atoms with van der Waals surface area (Å²) < 4.78 is 0. The molecule has 0 bridgehead atoms. The molecule has 0 saturated carbocycles. The lowest BCUT2D eigenvalue weighted by Crippen LogP contribution is -2.41. The van der Waals surface area contributed by atoms with E-state index in [1.54, 1.807) is 4.88 Å². The number of piperidine rings is 1. The normalized spacial score (nSPS) is 27.1. The van der Waals surface area contributed by atoms with E-state index in [-0.39, 0.29) is 0 Å². The fourth-order valence-corrected chi connectivity index (χ4v) is 3.81. The van der Waals surface area contributed by atoms with E-state index in [2.05, 4.69) is 41.7 Å². The third kappa shape index (κ3) is 2.47. The molecule has 90 valence electrons. The minimum atomic E-state index is 0.645. The van der Waals surface area contributed by atoms with Gasteiger partial charge in [-0.15, -0.1) is 11.3 Å². The number of likely N-dealkylation sites (tertiary alicyclic amines) is 1. The molecule has 16 heavy (non-hydrogen) atoms. The highest BCUT2D eigenvalue weighted by Crippen LogP contribution is 2.37. The van der Waals surface area contributed by atoms with Gasteiger partial charge in [0.05, 0.1) is 0 Å². The quantitative estimate of drug-likeness (QED) is 0.867. The summed E-state index contributed by atoms with van der Waals surface area (Å²) in [5.74, 6) is 0.775. The van der Waals surface area contributed by atoms with E-state index in [1.165, 1.54) is 25.9 Å². The summed E-state index contributed by atoms with van der Waals surface area (Å²) in [5.41, 5.74) is 0. The zero-order chi connectivity index (χ0) is 11.4. The van der Waals surface area contributed by atoms with Gasteiger partial charge in [-0.1, -0.05) is 13.0 Å². The van der Waals surface area contributed by atoms with Gasteiger partial charge in [-0.05, 0) is 56.9 Å². The molecule has 0 radical (unpaired) electrons. The Morgan fingerprint density at radius 2 is 2.44 bits per heavy atom. The smallest absolute Gasteiger partial charge is 0.0481 e. The van der Waals surface area contributed by atoms with E-state index in [1.807, 2.05) is 11.3 Å². The molecule has 3 heteroatoms. The second-order valence-electron chi connectivity index (χ2n) is 4.55. The summed E-state index contributed by atoms with van der Waals surface area (Å²) in [6.45, 7) is 5.85. The summed E-state index contributed by atoms with van der Waals surface area (Å²) in [7, 11) is 2.07. The van der Waals surface area contributed by atoms with Gasteiger partial charge in [0.25, 0.3) is 0 Å². The monoisotopic (exact) mass is 238 g/mol. The first-order chi connectivity index (χ1) is 7.86. The van der Waals surface area contributed by atoms with Gasteiger partial charge in [-0.2, -0.15) is 0 Å². The maximum Gasteiger partial charge on any atom is 0.0481 e. The number of thiophene rings is 1. The third-order valence-electron chi connectivity index (χ3n) is 3.57. The highest BCUT2D eigenvalue weighted by atomic mass is 32.1.